The summed E-state index contributed by atoms with van der Waals surface area (Å²) in [4.78, 5) is 2.10. The SMILES string of the molecule is CCCCCN(C)C(=S)Nc1ccc(Br)c(C)c1. The molecular formula is C14H21BrN2S. The summed E-state index contributed by atoms with van der Waals surface area (Å²) in [7, 11) is 2.04. The molecular weight excluding hydrogens is 308 g/mol. The van der Waals surface area contributed by atoms with Gasteiger partial charge in [0.15, 0.2) is 5.11 Å². The van der Waals surface area contributed by atoms with E-state index in [2.05, 4.69) is 46.1 Å². The molecule has 4 heteroatoms. The van der Waals surface area contributed by atoms with Gasteiger partial charge in [0.05, 0.1) is 0 Å². The Balaban J connectivity index is 2.50. The van der Waals surface area contributed by atoms with E-state index in [1.54, 1.807) is 0 Å². The highest BCUT2D eigenvalue weighted by Crippen LogP contribution is 2.20. The number of thiocarbonyl (C=S) groups is 1. The molecule has 100 valence electrons. The average molecular weight is 329 g/mol. The number of anilines is 1. The zero-order chi connectivity index (χ0) is 13.5. The zero-order valence-corrected chi connectivity index (χ0v) is 13.7. The first-order valence-corrected chi connectivity index (χ1v) is 7.53. The number of nitrogens with zero attached hydrogens (tertiary/aromatic N) is 1. The topological polar surface area (TPSA) is 15.3 Å². The van der Waals surface area contributed by atoms with Crippen LogP contribution in [-0.2, 0) is 0 Å². The summed E-state index contributed by atoms with van der Waals surface area (Å²) in [6, 6.07) is 6.16. The Morgan fingerprint density at radius 1 is 1.39 bits per heavy atom. The molecule has 1 aromatic carbocycles. The van der Waals surface area contributed by atoms with E-state index in [4.69, 9.17) is 12.2 Å². The first-order valence-electron chi connectivity index (χ1n) is 6.33. The lowest BCUT2D eigenvalue weighted by Gasteiger charge is -2.21. The molecule has 0 bridgehead atoms. The van der Waals surface area contributed by atoms with Gasteiger partial charge in [-0.25, -0.2) is 0 Å². The quantitative estimate of drug-likeness (QED) is 0.629. The maximum Gasteiger partial charge on any atom is 0.173 e. The molecule has 0 aliphatic heterocycles. The van der Waals surface area contributed by atoms with Crippen LogP contribution in [0.5, 0.6) is 0 Å². The highest BCUT2D eigenvalue weighted by molar-refractivity contribution is 9.10. The van der Waals surface area contributed by atoms with Crippen LogP contribution in [0.2, 0.25) is 0 Å². The normalized spacial score (nSPS) is 10.2. The van der Waals surface area contributed by atoms with Gasteiger partial charge in [0.25, 0.3) is 0 Å². The van der Waals surface area contributed by atoms with Crippen molar-refractivity contribution < 1.29 is 0 Å². The number of rotatable bonds is 5. The van der Waals surface area contributed by atoms with Crippen molar-refractivity contribution in [2.45, 2.75) is 33.1 Å². The van der Waals surface area contributed by atoms with Crippen molar-refractivity contribution in [3.05, 3.63) is 28.2 Å². The molecule has 18 heavy (non-hydrogen) atoms. The Morgan fingerprint density at radius 2 is 2.11 bits per heavy atom. The van der Waals surface area contributed by atoms with Crippen molar-refractivity contribution >= 4 is 38.9 Å². The van der Waals surface area contributed by atoms with E-state index in [0.29, 0.717) is 0 Å². The van der Waals surface area contributed by atoms with Gasteiger partial charge < -0.3 is 10.2 Å². The van der Waals surface area contributed by atoms with Gasteiger partial charge in [-0.3, -0.25) is 0 Å². The Labute approximate surface area is 124 Å². The van der Waals surface area contributed by atoms with Crippen molar-refractivity contribution in [1.29, 1.82) is 0 Å². The fraction of sp³-hybridized carbons (Fsp3) is 0.500. The molecule has 2 nitrogen and oxygen atoms in total. The van der Waals surface area contributed by atoms with Crippen LogP contribution in [0.3, 0.4) is 0 Å². The zero-order valence-electron chi connectivity index (χ0n) is 11.3. The van der Waals surface area contributed by atoms with Gasteiger partial charge in [0.2, 0.25) is 0 Å². The number of benzene rings is 1. The van der Waals surface area contributed by atoms with Crippen molar-refractivity contribution in [3.8, 4) is 0 Å². The van der Waals surface area contributed by atoms with Gasteiger partial charge >= 0.3 is 0 Å². The molecule has 0 radical (unpaired) electrons. The molecule has 0 atom stereocenters. The van der Waals surface area contributed by atoms with E-state index in [-0.39, 0.29) is 0 Å². The molecule has 1 N–H and O–H groups in total. The van der Waals surface area contributed by atoms with Crippen LogP contribution in [0, 0.1) is 6.92 Å². The smallest absolute Gasteiger partial charge is 0.173 e. The van der Waals surface area contributed by atoms with Gasteiger partial charge in [0.1, 0.15) is 0 Å². The van der Waals surface area contributed by atoms with Crippen molar-refractivity contribution in [2.75, 3.05) is 18.9 Å². The predicted octanol–water partition coefficient (Wildman–Crippen LogP) is 4.58. The standard InChI is InChI=1S/C14H21BrN2S/c1-4-5-6-9-17(3)14(18)16-12-7-8-13(15)11(2)10-12/h7-8,10H,4-6,9H2,1-3H3,(H,16,18). The maximum atomic E-state index is 5.39. The molecule has 0 aromatic heterocycles. The van der Waals surface area contributed by atoms with Gasteiger partial charge in [-0.1, -0.05) is 35.7 Å². The Hall–Kier alpha value is -0.610. The average Bonchev–Trinajstić information content (AvgIpc) is 2.34. The Bertz CT molecular complexity index is 407. The van der Waals surface area contributed by atoms with Crippen molar-refractivity contribution in [1.82, 2.24) is 4.90 Å². The maximum absolute atomic E-state index is 5.39. The lowest BCUT2D eigenvalue weighted by Crippen LogP contribution is -2.31. The summed E-state index contributed by atoms with van der Waals surface area (Å²) in [5.74, 6) is 0. The van der Waals surface area contributed by atoms with E-state index in [9.17, 15) is 0 Å². The monoisotopic (exact) mass is 328 g/mol. The molecule has 1 aromatic rings. The number of hydrogen-bond donors (Lipinski definition) is 1. The van der Waals surface area contributed by atoms with E-state index < -0.39 is 0 Å². The number of nitrogens with one attached hydrogen (secondary N) is 1. The van der Waals surface area contributed by atoms with Crippen molar-refractivity contribution in [2.24, 2.45) is 0 Å². The van der Waals surface area contributed by atoms with Gasteiger partial charge in [-0.05, 0) is 49.3 Å². The highest BCUT2D eigenvalue weighted by atomic mass is 79.9. The minimum Gasteiger partial charge on any atom is -0.352 e. The van der Waals surface area contributed by atoms with Gasteiger partial charge in [0, 0.05) is 23.8 Å². The minimum atomic E-state index is 0.785. The summed E-state index contributed by atoms with van der Waals surface area (Å²) in [5.41, 5.74) is 2.25. The second-order valence-electron chi connectivity index (χ2n) is 4.52. The Kier molecular flexibility index (Phi) is 6.65. The fourth-order valence-corrected chi connectivity index (χ4v) is 2.10. The lowest BCUT2D eigenvalue weighted by molar-refractivity contribution is 0.482. The number of hydrogen-bond acceptors (Lipinski definition) is 1. The molecule has 0 amide bonds. The molecule has 1 rings (SSSR count). The van der Waals surface area contributed by atoms with Crippen LogP contribution in [-0.4, -0.2) is 23.6 Å². The van der Waals surface area contributed by atoms with Crippen LogP contribution in [0.1, 0.15) is 31.7 Å². The third-order valence-electron chi connectivity index (χ3n) is 2.85. The second-order valence-corrected chi connectivity index (χ2v) is 5.76. The highest BCUT2D eigenvalue weighted by Gasteiger charge is 2.05. The predicted molar refractivity (Wildman–Crippen MR) is 87.3 cm³/mol. The second kappa shape index (κ2) is 7.74. The summed E-state index contributed by atoms with van der Waals surface area (Å²) < 4.78 is 1.12. The summed E-state index contributed by atoms with van der Waals surface area (Å²) in [6.45, 7) is 5.29. The molecule has 0 saturated carbocycles. The lowest BCUT2D eigenvalue weighted by atomic mass is 10.2. The molecule has 0 unspecified atom stereocenters. The third-order valence-corrected chi connectivity index (χ3v) is 4.16. The number of aryl methyl sites for hydroxylation is 1. The first kappa shape index (κ1) is 15.4. The van der Waals surface area contributed by atoms with E-state index >= 15 is 0 Å². The fourth-order valence-electron chi connectivity index (χ4n) is 1.64. The number of unbranched alkanes of at least 4 members (excludes halogenated alkanes) is 2. The largest absolute Gasteiger partial charge is 0.352 e. The Morgan fingerprint density at radius 3 is 2.72 bits per heavy atom. The molecule has 0 aliphatic rings. The van der Waals surface area contributed by atoms with Crippen LogP contribution >= 0.6 is 28.1 Å². The first-order chi connectivity index (χ1) is 8.54. The molecule has 0 heterocycles. The minimum absolute atomic E-state index is 0.785. The molecule has 0 aliphatic carbocycles. The summed E-state index contributed by atoms with van der Waals surface area (Å²) >= 11 is 8.88. The van der Waals surface area contributed by atoms with Crippen LogP contribution in [0.4, 0.5) is 5.69 Å². The van der Waals surface area contributed by atoms with E-state index in [1.807, 2.05) is 19.2 Å². The molecule has 0 fully saturated rings. The van der Waals surface area contributed by atoms with Crippen LogP contribution < -0.4 is 5.32 Å². The third kappa shape index (κ3) is 4.94. The number of halogens is 1. The molecule has 0 spiro atoms. The van der Waals surface area contributed by atoms with Crippen LogP contribution in [0.15, 0.2) is 22.7 Å². The van der Waals surface area contributed by atoms with Gasteiger partial charge in [-0.15, -0.1) is 0 Å². The van der Waals surface area contributed by atoms with E-state index in [1.165, 1.54) is 24.8 Å². The van der Waals surface area contributed by atoms with Gasteiger partial charge in [-0.2, -0.15) is 0 Å². The summed E-state index contributed by atoms with van der Waals surface area (Å²) in [5, 5.41) is 4.06. The van der Waals surface area contributed by atoms with E-state index in [0.717, 1.165) is 21.8 Å². The van der Waals surface area contributed by atoms with Crippen molar-refractivity contribution in [3.63, 3.8) is 0 Å². The summed E-state index contributed by atoms with van der Waals surface area (Å²) in [6.07, 6.45) is 3.68. The molecule has 0 saturated heterocycles. The van der Waals surface area contributed by atoms with Crippen LogP contribution in [0.25, 0.3) is 0 Å².